The lowest BCUT2D eigenvalue weighted by atomic mass is 9.97. The molecule has 0 amide bonds. The van der Waals surface area contributed by atoms with E-state index >= 15 is 0 Å². The van der Waals surface area contributed by atoms with E-state index in [2.05, 4.69) is 66.7 Å². The van der Waals surface area contributed by atoms with Crippen molar-refractivity contribution in [2.45, 2.75) is 13.3 Å². The molecule has 3 aromatic rings. The first-order valence-corrected chi connectivity index (χ1v) is 7.06. The highest BCUT2D eigenvalue weighted by Crippen LogP contribution is 2.30. The molecule has 0 bridgehead atoms. The van der Waals surface area contributed by atoms with Gasteiger partial charge in [-0.3, -0.25) is 0 Å². The van der Waals surface area contributed by atoms with Crippen molar-refractivity contribution >= 4 is 10.8 Å². The van der Waals surface area contributed by atoms with Crippen molar-refractivity contribution in [1.82, 2.24) is 0 Å². The molecule has 100 valence electrons. The SMILES string of the molecule is CCOc1ccc2ccccc2c1Cc1ccccc1. The van der Waals surface area contributed by atoms with Crippen LogP contribution >= 0.6 is 0 Å². The lowest BCUT2D eigenvalue weighted by Crippen LogP contribution is -1.98. The van der Waals surface area contributed by atoms with Gasteiger partial charge in [0, 0.05) is 12.0 Å². The van der Waals surface area contributed by atoms with Gasteiger partial charge in [0.2, 0.25) is 0 Å². The summed E-state index contributed by atoms with van der Waals surface area (Å²) in [5.74, 6) is 0.995. The minimum absolute atomic E-state index is 0.695. The average Bonchev–Trinajstić information content (AvgIpc) is 2.51. The van der Waals surface area contributed by atoms with Crippen molar-refractivity contribution in [3.8, 4) is 5.75 Å². The molecule has 0 atom stereocenters. The van der Waals surface area contributed by atoms with Crippen molar-refractivity contribution in [2.24, 2.45) is 0 Å². The summed E-state index contributed by atoms with van der Waals surface area (Å²) in [6.07, 6.45) is 0.900. The Labute approximate surface area is 119 Å². The summed E-state index contributed by atoms with van der Waals surface area (Å²) in [4.78, 5) is 0. The Morgan fingerprint density at radius 1 is 0.800 bits per heavy atom. The maximum atomic E-state index is 5.82. The molecule has 1 heteroatoms. The van der Waals surface area contributed by atoms with Gasteiger partial charge in [-0.25, -0.2) is 0 Å². The molecule has 0 N–H and O–H groups in total. The zero-order valence-corrected chi connectivity index (χ0v) is 11.7. The van der Waals surface area contributed by atoms with Gasteiger partial charge < -0.3 is 4.74 Å². The predicted molar refractivity (Wildman–Crippen MR) is 84.4 cm³/mol. The minimum Gasteiger partial charge on any atom is -0.494 e. The summed E-state index contributed by atoms with van der Waals surface area (Å²) >= 11 is 0. The van der Waals surface area contributed by atoms with Crippen LogP contribution in [0.2, 0.25) is 0 Å². The fraction of sp³-hybridized carbons (Fsp3) is 0.158. The smallest absolute Gasteiger partial charge is 0.123 e. The Kier molecular flexibility index (Phi) is 3.69. The first-order chi connectivity index (χ1) is 9.88. The van der Waals surface area contributed by atoms with Gasteiger partial charge in [0.05, 0.1) is 6.61 Å². The highest BCUT2D eigenvalue weighted by molar-refractivity contribution is 5.88. The number of fused-ring (bicyclic) bond motifs is 1. The molecule has 0 saturated heterocycles. The lowest BCUT2D eigenvalue weighted by Gasteiger charge is -2.13. The number of hydrogen-bond acceptors (Lipinski definition) is 1. The van der Waals surface area contributed by atoms with Gasteiger partial charge in [-0.05, 0) is 29.3 Å². The zero-order chi connectivity index (χ0) is 13.8. The second kappa shape index (κ2) is 5.79. The van der Waals surface area contributed by atoms with Gasteiger partial charge in [0.25, 0.3) is 0 Å². The third-order valence-electron chi connectivity index (χ3n) is 3.52. The van der Waals surface area contributed by atoms with Crippen LogP contribution < -0.4 is 4.74 Å². The highest BCUT2D eigenvalue weighted by Gasteiger charge is 2.09. The van der Waals surface area contributed by atoms with Gasteiger partial charge in [0.1, 0.15) is 5.75 Å². The summed E-state index contributed by atoms with van der Waals surface area (Å²) in [6.45, 7) is 2.72. The fourth-order valence-corrected chi connectivity index (χ4v) is 2.59. The normalized spacial score (nSPS) is 10.7. The minimum atomic E-state index is 0.695. The number of hydrogen-bond donors (Lipinski definition) is 0. The van der Waals surface area contributed by atoms with Crippen molar-refractivity contribution < 1.29 is 4.74 Å². The molecule has 0 aromatic heterocycles. The Bertz CT molecular complexity index is 701. The molecule has 0 fully saturated rings. The summed E-state index contributed by atoms with van der Waals surface area (Å²) in [5, 5.41) is 2.55. The van der Waals surface area contributed by atoms with Crippen LogP contribution in [0.3, 0.4) is 0 Å². The fourth-order valence-electron chi connectivity index (χ4n) is 2.59. The second-order valence-corrected chi connectivity index (χ2v) is 4.86. The molecule has 0 radical (unpaired) electrons. The van der Waals surface area contributed by atoms with E-state index in [9.17, 15) is 0 Å². The Balaban J connectivity index is 2.12. The third-order valence-corrected chi connectivity index (χ3v) is 3.52. The number of rotatable bonds is 4. The van der Waals surface area contributed by atoms with Gasteiger partial charge >= 0.3 is 0 Å². The van der Waals surface area contributed by atoms with E-state index in [1.165, 1.54) is 21.9 Å². The number of benzene rings is 3. The van der Waals surface area contributed by atoms with Crippen LogP contribution in [0.1, 0.15) is 18.1 Å². The van der Waals surface area contributed by atoms with Crippen LogP contribution in [0.4, 0.5) is 0 Å². The molecule has 1 nitrogen and oxygen atoms in total. The highest BCUT2D eigenvalue weighted by atomic mass is 16.5. The van der Waals surface area contributed by atoms with Gasteiger partial charge in [0.15, 0.2) is 0 Å². The summed E-state index contributed by atoms with van der Waals surface area (Å²) in [7, 11) is 0. The summed E-state index contributed by atoms with van der Waals surface area (Å²) in [5.41, 5.74) is 2.58. The monoisotopic (exact) mass is 262 g/mol. The Hall–Kier alpha value is -2.28. The predicted octanol–water partition coefficient (Wildman–Crippen LogP) is 4.83. The molecule has 0 aliphatic rings. The Morgan fingerprint density at radius 3 is 2.35 bits per heavy atom. The molecular formula is C19H18O. The van der Waals surface area contributed by atoms with E-state index in [1.807, 2.05) is 6.92 Å². The zero-order valence-electron chi connectivity index (χ0n) is 11.7. The number of ether oxygens (including phenoxy) is 1. The van der Waals surface area contributed by atoms with E-state index in [-0.39, 0.29) is 0 Å². The second-order valence-electron chi connectivity index (χ2n) is 4.86. The molecule has 0 unspecified atom stereocenters. The van der Waals surface area contributed by atoms with Gasteiger partial charge in [-0.1, -0.05) is 60.7 Å². The van der Waals surface area contributed by atoms with Crippen LogP contribution in [-0.4, -0.2) is 6.61 Å². The molecule has 0 saturated carbocycles. The van der Waals surface area contributed by atoms with Crippen molar-refractivity contribution in [3.63, 3.8) is 0 Å². The van der Waals surface area contributed by atoms with Crippen LogP contribution in [0.5, 0.6) is 5.75 Å². The van der Waals surface area contributed by atoms with Gasteiger partial charge in [-0.15, -0.1) is 0 Å². The third kappa shape index (κ3) is 2.53. The molecule has 3 aromatic carbocycles. The Morgan fingerprint density at radius 2 is 1.55 bits per heavy atom. The quantitative estimate of drug-likeness (QED) is 0.654. The summed E-state index contributed by atoms with van der Waals surface area (Å²) < 4.78 is 5.82. The van der Waals surface area contributed by atoms with Crippen LogP contribution in [0.25, 0.3) is 10.8 Å². The van der Waals surface area contributed by atoms with Gasteiger partial charge in [-0.2, -0.15) is 0 Å². The molecule has 3 rings (SSSR count). The first kappa shape index (κ1) is 12.7. The topological polar surface area (TPSA) is 9.23 Å². The standard InChI is InChI=1S/C19H18O/c1-2-20-19-13-12-16-10-6-7-11-17(16)18(19)14-15-8-4-3-5-9-15/h3-13H,2,14H2,1H3. The lowest BCUT2D eigenvalue weighted by molar-refractivity contribution is 0.337. The van der Waals surface area contributed by atoms with E-state index in [0.717, 1.165) is 12.2 Å². The van der Waals surface area contributed by atoms with Crippen LogP contribution in [0.15, 0.2) is 66.7 Å². The molecule has 0 heterocycles. The average molecular weight is 262 g/mol. The largest absolute Gasteiger partial charge is 0.494 e. The van der Waals surface area contributed by atoms with Crippen molar-refractivity contribution in [2.75, 3.05) is 6.61 Å². The van der Waals surface area contributed by atoms with E-state index in [1.54, 1.807) is 0 Å². The maximum Gasteiger partial charge on any atom is 0.123 e. The van der Waals surface area contributed by atoms with Crippen molar-refractivity contribution in [3.05, 3.63) is 77.9 Å². The maximum absolute atomic E-state index is 5.82. The summed E-state index contributed by atoms with van der Waals surface area (Å²) in [6, 6.07) is 23.3. The van der Waals surface area contributed by atoms with Crippen LogP contribution in [0, 0.1) is 0 Å². The molecule has 0 aliphatic carbocycles. The van der Waals surface area contributed by atoms with E-state index < -0.39 is 0 Å². The van der Waals surface area contributed by atoms with E-state index in [4.69, 9.17) is 4.74 Å². The van der Waals surface area contributed by atoms with Crippen LogP contribution in [-0.2, 0) is 6.42 Å². The molecule has 0 aliphatic heterocycles. The molecule has 0 spiro atoms. The molecular weight excluding hydrogens is 244 g/mol. The first-order valence-electron chi connectivity index (χ1n) is 7.06. The molecule has 20 heavy (non-hydrogen) atoms. The van der Waals surface area contributed by atoms with E-state index in [0.29, 0.717) is 6.61 Å². The van der Waals surface area contributed by atoms with Crippen molar-refractivity contribution in [1.29, 1.82) is 0 Å².